The van der Waals surface area contributed by atoms with Gasteiger partial charge in [-0.3, -0.25) is 4.79 Å². The standard InChI is InChI=1S/C15H21ClN2O.ClH/c1-11-13(4-3-5-14(11)16)15(19)18-8-6-12(7-9-18)10-17-2;/h3-5,12,17H,6-10H2,1-2H3;1H. The van der Waals surface area contributed by atoms with Gasteiger partial charge in [-0.2, -0.15) is 0 Å². The molecule has 1 aliphatic heterocycles. The highest BCUT2D eigenvalue weighted by atomic mass is 35.5. The lowest BCUT2D eigenvalue weighted by molar-refractivity contribution is 0.0690. The molecular formula is C15H22Cl2N2O. The fraction of sp³-hybridized carbons (Fsp3) is 0.533. The Morgan fingerprint density at radius 1 is 1.40 bits per heavy atom. The molecule has 1 aliphatic rings. The van der Waals surface area contributed by atoms with Crippen molar-refractivity contribution < 1.29 is 4.79 Å². The average molecular weight is 317 g/mol. The summed E-state index contributed by atoms with van der Waals surface area (Å²) in [5.74, 6) is 0.803. The maximum Gasteiger partial charge on any atom is 0.254 e. The second-order valence-corrected chi connectivity index (χ2v) is 5.61. The molecule has 0 saturated carbocycles. The molecule has 1 amide bonds. The number of carbonyl (C=O) groups excluding carboxylic acids is 1. The minimum absolute atomic E-state index is 0. The summed E-state index contributed by atoms with van der Waals surface area (Å²) < 4.78 is 0. The number of hydrogen-bond donors (Lipinski definition) is 1. The van der Waals surface area contributed by atoms with E-state index in [0.29, 0.717) is 10.9 Å². The first-order chi connectivity index (χ1) is 9.13. The Balaban J connectivity index is 0.00000200. The number of nitrogens with zero attached hydrogens (tertiary/aromatic N) is 1. The SMILES string of the molecule is CNCC1CCN(C(=O)c2cccc(Cl)c2C)CC1.Cl. The zero-order chi connectivity index (χ0) is 13.8. The van der Waals surface area contributed by atoms with Crippen LogP contribution < -0.4 is 5.32 Å². The van der Waals surface area contributed by atoms with E-state index in [0.717, 1.165) is 43.6 Å². The van der Waals surface area contributed by atoms with Crippen molar-refractivity contribution in [1.29, 1.82) is 0 Å². The predicted molar refractivity (Wildman–Crippen MR) is 86.0 cm³/mol. The van der Waals surface area contributed by atoms with Crippen LogP contribution >= 0.6 is 24.0 Å². The molecule has 1 fully saturated rings. The summed E-state index contributed by atoms with van der Waals surface area (Å²) in [6.07, 6.45) is 2.15. The van der Waals surface area contributed by atoms with Crippen molar-refractivity contribution >= 4 is 29.9 Å². The van der Waals surface area contributed by atoms with Crippen molar-refractivity contribution in [3.8, 4) is 0 Å². The van der Waals surface area contributed by atoms with Crippen molar-refractivity contribution in [3.05, 3.63) is 34.3 Å². The van der Waals surface area contributed by atoms with Crippen LogP contribution in [0.5, 0.6) is 0 Å². The van der Waals surface area contributed by atoms with Crippen LogP contribution in [0, 0.1) is 12.8 Å². The number of halogens is 2. The second-order valence-electron chi connectivity index (χ2n) is 5.21. The van der Waals surface area contributed by atoms with E-state index >= 15 is 0 Å². The van der Waals surface area contributed by atoms with E-state index in [1.807, 2.05) is 37.1 Å². The highest BCUT2D eigenvalue weighted by Crippen LogP contribution is 2.23. The lowest BCUT2D eigenvalue weighted by Crippen LogP contribution is -2.40. The summed E-state index contributed by atoms with van der Waals surface area (Å²) >= 11 is 6.08. The van der Waals surface area contributed by atoms with Crippen molar-refractivity contribution in [2.75, 3.05) is 26.7 Å². The van der Waals surface area contributed by atoms with Gasteiger partial charge in [-0.25, -0.2) is 0 Å². The van der Waals surface area contributed by atoms with Crippen molar-refractivity contribution in [2.24, 2.45) is 5.92 Å². The van der Waals surface area contributed by atoms with Crippen molar-refractivity contribution in [3.63, 3.8) is 0 Å². The third-order valence-corrected chi connectivity index (χ3v) is 4.30. The molecule has 20 heavy (non-hydrogen) atoms. The van der Waals surface area contributed by atoms with Crippen LogP contribution in [0.15, 0.2) is 18.2 Å². The largest absolute Gasteiger partial charge is 0.339 e. The molecule has 1 heterocycles. The van der Waals surface area contributed by atoms with E-state index in [4.69, 9.17) is 11.6 Å². The lowest BCUT2D eigenvalue weighted by Gasteiger charge is -2.32. The van der Waals surface area contributed by atoms with Gasteiger partial charge in [0.25, 0.3) is 5.91 Å². The van der Waals surface area contributed by atoms with Crippen LogP contribution in [0.4, 0.5) is 0 Å². The first kappa shape index (κ1) is 17.3. The number of piperidine rings is 1. The van der Waals surface area contributed by atoms with Crippen molar-refractivity contribution in [2.45, 2.75) is 19.8 Å². The molecule has 0 bridgehead atoms. The van der Waals surface area contributed by atoms with E-state index in [1.165, 1.54) is 0 Å². The smallest absolute Gasteiger partial charge is 0.254 e. The van der Waals surface area contributed by atoms with Gasteiger partial charge < -0.3 is 10.2 Å². The molecule has 0 radical (unpaired) electrons. The monoisotopic (exact) mass is 316 g/mol. The van der Waals surface area contributed by atoms with Gasteiger partial charge in [0.2, 0.25) is 0 Å². The van der Waals surface area contributed by atoms with E-state index in [9.17, 15) is 4.79 Å². The summed E-state index contributed by atoms with van der Waals surface area (Å²) in [7, 11) is 1.98. The molecule has 5 heteroatoms. The molecule has 112 valence electrons. The summed E-state index contributed by atoms with van der Waals surface area (Å²) in [6.45, 7) is 4.63. The molecule has 0 spiro atoms. The van der Waals surface area contributed by atoms with Gasteiger partial charge in [0.15, 0.2) is 0 Å². The Labute approximate surface area is 132 Å². The Hall–Kier alpha value is -0.770. The third-order valence-electron chi connectivity index (χ3n) is 3.89. The zero-order valence-corrected chi connectivity index (χ0v) is 13.6. The van der Waals surface area contributed by atoms with Crippen molar-refractivity contribution in [1.82, 2.24) is 10.2 Å². The molecule has 0 unspecified atom stereocenters. The Morgan fingerprint density at radius 2 is 2.05 bits per heavy atom. The molecule has 1 saturated heterocycles. The number of amides is 1. The highest BCUT2D eigenvalue weighted by molar-refractivity contribution is 6.31. The van der Waals surface area contributed by atoms with Crippen LogP contribution in [-0.2, 0) is 0 Å². The minimum Gasteiger partial charge on any atom is -0.339 e. The van der Waals surface area contributed by atoms with Gasteiger partial charge in [-0.05, 0) is 57.0 Å². The normalized spacial score (nSPS) is 15.8. The molecule has 3 nitrogen and oxygen atoms in total. The number of likely N-dealkylation sites (tertiary alicyclic amines) is 1. The van der Waals surface area contributed by atoms with E-state index in [-0.39, 0.29) is 18.3 Å². The maximum absolute atomic E-state index is 12.5. The van der Waals surface area contributed by atoms with E-state index in [2.05, 4.69) is 5.32 Å². The highest BCUT2D eigenvalue weighted by Gasteiger charge is 2.24. The zero-order valence-electron chi connectivity index (χ0n) is 12.0. The number of hydrogen-bond acceptors (Lipinski definition) is 2. The van der Waals surface area contributed by atoms with Gasteiger partial charge in [-0.15, -0.1) is 12.4 Å². The number of rotatable bonds is 3. The lowest BCUT2D eigenvalue weighted by atomic mass is 9.96. The number of benzene rings is 1. The summed E-state index contributed by atoms with van der Waals surface area (Å²) in [5.41, 5.74) is 1.62. The van der Waals surface area contributed by atoms with Crippen LogP contribution in [0.25, 0.3) is 0 Å². The minimum atomic E-state index is 0. The molecule has 0 aromatic heterocycles. The summed E-state index contributed by atoms with van der Waals surface area (Å²) in [4.78, 5) is 14.4. The molecule has 1 aromatic carbocycles. The van der Waals surface area contributed by atoms with Crippen LogP contribution in [0.3, 0.4) is 0 Å². The second kappa shape index (κ2) is 7.87. The number of carbonyl (C=O) groups is 1. The van der Waals surface area contributed by atoms with Gasteiger partial charge in [0, 0.05) is 23.7 Å². The fourth-order valence-corrected chi connectivity index (χ4v) is 2.81. The topological polar surface area (TPSA) is 32.3 Å². The third kappa shape index (κ3) is 3.87. The Kier molecular flexibility index (Phi) is 6.80. The van der Waals surface area contributed by atoms with Crippen LogP contribution in [-0.4, -0.2) is 37.5 Å². The fourth-order valence-electron chi connectivity index (χ4n) is 2.64. The first-order valence-corrected chi connectivity index (χ1v) is 7.20. The summed E-state index contributed by atoms with van der Waals surface area (Å²) in [6, 6.07) is 5.53. The average Bonchev–Trinajstić information content (AvgIpc) is 2.42. The van der Waals surface area contributed by atoms with Gasteiger partial charge in [-0.1, -0.05) is 17.7 Å². The maximum atomic E-state index is 12.5. The van der Waals surface area contributed by atoms with Crippen LogP contribution in [0.1, 0.15) is 28.8 Å². The van der Waals surface area contributed by atoms with Gasteiger partial charge >= 0.3 is 0 Å². The molecular weight excluding hydrogens is 295 g/mol. The van der Waals surface area contributed by atoms with E-state index in [1.54, 1.807) is 0 Å². The predicted octanol–water partition coefficient (Wildman–Crippen LogP) is 3.14. The molecule has 0 atom stereocenters. The molecule has 1 aromatic rings. The number of nitrogens with one attached hydrogen (secondary N) is 1. The van der Waals surface area contributed by atoms with E-state index < -0.39 is 0 Å². The van der Waals surface area contributed by atoms with Gasteiger partial charge in [0.1, 0.15) is 0 Å². The summed E-state index contributed by atoms with van der Waals surface area (Å²) in [5, 5.41) is 3.87. The Bertz CT molecular complexity index is 457. The quantitative estimate of drug-likeness (QED) is 0.929. The first-order valence-electron chi connectivity index (χ1n) is 6.82. The molecule has 0 aliphatic carbocycles. The molecule has 1 N–H and O–H groups in total. The van der Waals surface area contributed by atoms with Crippen LogP contribution in [0.2, 0.25) is 5.02 Å². The Morgan fingerprint density at radius 3 is 2.65 bits per heavy atom. The molecule has 2 rings (SSSR count). The van der Waals surface area contributed by atoms with Gasteiger partial charge in [0.05, 0.1) is 0 Å².